The van der Waals surface area contributed by atoms with Gasteiger partial charge in [0.1, 0.15) is 0 Å². The van der Waals surface area contributed by atoms with Crippen LogP contribution in [0.25, 0.3) is 11.6 Å². The van der Waals surface area contributed by atoms with E-state index < -0.39 is 5.97 Å². The van der Waals surface area contributed by atoms with Crippen molar-refractivity contribution >= 4 is 45.1 Å². The average Bonchev–Trinajstić information content (AvgIpc) is 2.72. The van der Waals surface area contributed by atoms with Crippen LogP contribution < -0.4 is 9.47 Å². The van der Waals surface area contributed by atoms with Gasteiger partial charge in [0.2, 0.25) is 0 Å². The maximum Gasteiger partial charge on any atom is 0.343 e. The normalized spacial score (nSPS) is 10.9. The third-order valence-electron chi connectivity index (χ3n) is 4.02. The summed E-state index contributed by atoms with van der Waals surface area (Å²) >= 11 is 9.35. The molecule has 0 spiro atoms. The van der Waals surface area contributed by atoms with Crippen molar-refractivity contribution in [1.82, 2.24) is 0 Å². The summed E-state index contributed by atoms with van der Waals surface area (Å²) in [7, 11) is 1.49. The summed E-state index contributed by atoms with van der Waals surface area (Å²) in [6.07, 6.45) is 1.72. The second kappa shape index (κ2) is 9.42. The predicted molar refractivity (Wildman–Crippen MR) is 117 cm³/mol. The minimum absolute atomic E-state index is 0.288. The standard InChI is InChI=1S/C23H15BrClNO3/c1-28-22-11-15(10-18(14-26)16-4-3-7-20(25)13-16)8-9-21(22)29-23(27)17-5-2-6-19(24)12-17/h2-13H,1H3/b18-10-. The molecule has 3 rings (SSSR count). The number of rotatable bonds is 5. The topological polar surface area (TPSA) is 59.3 Å². The van der Waals surface area contributed by atoms with Crippen molar-refractivity contribution in [1.29, 1.82) is 5.26 Å². The number of nitriles is 1. The van der Waals surface area contributed by atoms with Crippen LogP contribution in [0.4, 0.5) is 0 Å². The molecule has 0 unspecified atom stereocenters. The molecule has 0 saturated carbocycles. The van der Waals surface area contributed by atoms with Gasteiger partial charge in [-0.15, -0.1) is 0 Å². The van der Waals surface area contributed by atoms with Crippen molar-refractivity contribution in [2.24, 2.45) is 0 Å². The van der Waals surface area contributed by atoms with E-state index in [0.29, 0.717) is 27.5 Å². The van der Waals surface area contributed by atoms with Crippen LogP contribution >= 0.6 is 27.5 Å². The molecule has 0 radical (unpaired) electrons. The Labute approximate surface area is 182 Å². The number of benzene rings is 3. The van der Waals surface area contributed by atoms with E-state index in [1.165, 1.54) is 7.11 Å². The highest BCUT2D eigenvalue weighted by atomic mass is 79.9. The zero-order valence-electron chi connectivity index (χ0n) is 15.4. The zero-order chi connectivity index (χ0) is 20.8. The van der Waals surface area contributed by atoms with Gasteiger partial charge in [0.05, 0.1) is 24.3 Å². The monoisotopic (exact) mass is 467 g/mol. The molecule has 0 fully saturated rings. The lowest BCUT2D eigenvalue weighted by atomic mass is 10.0. The van der Waals surface area contributed by atoms with Crippen LogP contribution in [0.5, 0.6) is 11.5 Å². The van der Waals surface area contributed by atoms with E-state index in [0.717, 1.165) is 10.0 Å². The first-order chi connectivity index (χ1) is 14.0. The highest BCUT2D eigenvalue weighted by Crippen LogP contribution is 2.31. The van der Waals surface area contributed by atoms with E-state index in [2.05, 4.69) is 22.0 Å². The number of ether oxygens (including phenoxy) is 2. The number of carbonyl (C=O) groups is 1. The molecule has 0 bridgehead atoms. The summed E-state index contributed by atoms with van der Waals surface area (Å²) in [5.41, 5.74) is 2.30. The molecular formula is C23H15BrClNO3. The van der Waals surface area contributed by atoms with Crippen molar-refractivity contribution in [2.75, 3.05) is 7.11 Å². The van der Waals surface area contributed by atoms with E-state index in [-0.39, 0.29) is 5.75 Å². The molecule has 0 aliphatic rings. The Bertz CT molecular complexity index is 1130. The number of halogens is 2. The molecule has 0 N–H and O–H groups in total. The molecule has 0 atom stereocenters. The van der Waals surface area contributed by atoms with Gasteiger partial charge in [0.25, 0.3) is 0 Å². The molecule has 29 heavy (non-hydrogen) atoms. The maximum absolute atomic E-state index is 12.4. The molecule has 144 valence electrons. The van der Waals surface area contributed by atoms with Crippen molar-refractivity contribution < 1.29 is 14.3 Å². The molecule has 0 aliphatic heterocycles. The van der Waals surface area contributed by atoms with Crippen molar-refractivity contribution in [2.45, 2.75) is 0 Å². The lowest BCUT2D eigenvalue weighted by Gasteiger charge is -2.10. The highest BCUT2D eigenvalue weighted by molar-refractivity contribution is 9.10. The summed E-state index contributed by atoms with van der Waals surface area (Å²) in [5.74, 6) is 0.172. The maximum atomic E-state index is 12.4. The molecule has 3 aromatic rings. The van der Waals surface area contributed by atoms with Crippen molar-refractivity contribution in [3.63, 3.8) is 0 Å². The molecule has 0 aliphatic carbocycles. The van der Waals surface area contributed by atoms with E-state index in [1.54, 1.807) is 60.7 Å². The zero-order valence-corrected chi connectivity index (χ0v) is 17.7. The number of methoxy groups -OCH3 is 1. The van der Waals surface area contributed by atoms with Crippen molar-refractivity contribution in [3.05, 3.63) is 92.9 Å². The molecular weight excluding hydrogens is 454 g/mol. The van der Waals surface area contributed by atoms with Crippen LogP contribution in [0.2, 0.25) is 5.02 Å². The Morgan fingerprint density at radius 2 is 1.79 bits per heavy atom. The van der Waals surface area contributed by atoms with Crippen LogP contribution in [0.3, 0.4) is 0 Å². The van der Waals surface area contributed by atoms with Gasteiger partial charge < -0.3 is 9.47 Å². The van der Waals surface area contributed by atoms with Crippen LogP contribution in [0.1, 0.15) is 21.5 Å². The fourth-order valence-electron chi connectivity index (χ4n) is 2.64. The Kier molecular flexibility index (Phi) is 6.71. The van der Waals surface area contributed by atoms with Gasteiger partial charge in [-0.25, -0.2) is 4.79 Å². The first-order valence-electron chi connectivity index (χ1n) is 8.53. The second-order valence-corrected chi connectivity index (χ2v) is 7.34. The minimum Gasteiger partial charge on any atom is -0.493 e. The SMILES string of the molecule is COc1cc(/C=C(/C#N)c2cccc(Cl)c2)ccc1OC(=O)c1cccc(Br)c1. The first kappa shape index (κ1) is 20.7. The van der Waals surface area contributed by atoms with Gasteiger partial charge in [0.15, 0.2) is 11.5 Å². The van der Waals surface area contributed by atoms with Crippen LogP contribution in [0, 0.1) is 11.3 Å². The van der Waals surface area contributed by atoms with E-state index >= 15 is 0 Å². The van der Waals surface area contributed by atoms with Gasteiger partial charge in [-0.3, -0.25) is 0 Å². The number of hydrogen-bond acceptors (Lipinski definition) is 4. The summed E-state index contributed by atoms with van der Waals surface area (Å²) < 4.78 is 11.6. The second-order valence-electron chi connectivity index (χ2n) is 5.99. The summed E-state index contributed by atoms with van der Waals surface area (Å²) in [5, 5.41) is 10.1. The number of carbonyl (C=O) groups excluding carboxylic acids is 1. The fourth-order valence-corrected chi connectivity index (χ4v) is 3.22. The Hall–Kier alpha value is -3.07. The highest BCUT2D eigenvalue weighted by Gasteiger charge is 2.13. The van der Waals surface area contributed by atoms with Gasteiger partial charge in [-0.1, -0.05) is 51.8 Å². The molecule has 0 aromatic heterocycles. The van der Waals surface area contributed by atoms with Crippen molar-refractivity contribution in [3.8, 4) is 17.6 Å². The quantitative estimate of drug-likeness (QED) is 0.188. The summed E-state index contributed by atoms with van der Waals surface area (Å²) in [6.45, 7) is 0. The fraction of sp³-hybridized carbons (Fsp3) is 0.0435. The van der Waals surface area contributed by atoms with Gasteiger partial charge in [0, 0.05) is 9.50 Å². The van der Waals surface area contributed by atoms with Gasteiger partial charge >= 0.3 is 5.97 Å². The number of allylic oxidation sites excluding steroid dienone is 1. The van der Waals surface area contributed by atoms with Crippen LogP contribution in [-0.4, -0.2) is 13.1 Å². The van der Waals surface area contributed by atoms with Gasteiger partial charge in [-0.2, -0.15) is 5.26 Å². The largest absolute Gasteiger partial charge is 0.493 e. The minimum atomic E-state index is -0.496. The van der Waals surface area contributed by atoms with E-state index in [4.69, 9.17) is 21.1 Å². The smallest absolute Gasteiger partial charge is 0.343 e. The molecule has 0 heterocycles. The van der Waals surface area contributed by atoms with Crippen LogP contribution in [0.15, 0.2) is 71.2 Å². The van der Waals surface area contributed by atoms with Crippen LogP contribution in [-0.2, 0) is 0 Å². The molecule has 6 heteroatoms. The lowest BCUT2D eigenvalue weighted by Crippen LogP contribution is -2.09. The molecule has 3 aromatic carbocycles. The third-order valence-corrected chi connectivity index (χ3v) is 4.75. The first-order valence-corrected chi connectivity index (χ1v) is 9.71. The molecule has 0 saturated heterocycles. The lowest BCUT2D eigenvalue weighted by molar-refractivity contribution is 0.0729. The summed E-state index contributed by atoms with van der Waals surface area (Å²) in [6, 6.07) is 21.2. The molecule has 0 amide bonds. The summed E-state index contributed by atoms with van der Waals surface area (Å²) in [4.78, 5) is 12.4. The Morgan fingerprint density at radius 3 is 2.48 bits per heavy atom. The van der Waals surface area contributed by atoms with Gasteiger partial charge in [-0.05, 0) is 59.7 Å². The number of nitrogens with zero attached hydrogens (tertiary/aromatic N) is 1. The van der Waals surface area contributed by atoms with E-state index in [1.807, 2.05) is 12.1 Å². The Balaban J connectivity index is 1.88. The predicted octanol–water partition coefficient (Wildman–Crippen LogP) is 6.39. The number of esters is 1. The third kappa shape index (κ3) is 5.26. The molecule has 4 nitrogen and oxygen atoms in total. The number of hydrogen-bond donors (Lipinski definition) is 0. The average molecular weight is 469 g/mol. The van der Waals surface area contributed by atoms with E-state index in [9.17, 15) is 10.1 Å². The Morgan fingerprint density at radius 1 is 1.03 bits per heavy atom.